The molecule has 7 nitrogen and oxygen atoms in total. The molecule has 2 unspecified atom stereocenters. The first-order valence-electron chi connectivity index (χ1n) is 7.34. The van der Waals surface area contributed by atoms with E-state index in [1.54, 1.807) is 6.08 Å². The molecule has 0 aromatic carbocycles. The molecule has 2 aliphatic heterocycles. The van der Waals surface area contributed by atoms with Crippen LogP contribution in [-0.4, -0.2) is 60.9 Å². The van der Waals surface area contributed by atoms with E-state index in [1.807, 2.05) is 6.92 Å². The van der Waals surface area contributed by atoms with Crippen LogP contribution in [0.1, 0.15) is 13.3 Å². The second-order valence-electron chi connectivity index (χ2n) is 5.58. The molecule has 1 fully saturated rings. The summed E-state index contributed by atoms with van der Waals surface area (Å²) in [5.74, 6) is -2.10. The number of hydrogen-bond donors (Lipinski definition) is 1. The zero-order valence-corrected chi connectivity index (χ0v) is 18.0. The van der Waals surface area contributed by atoms with E-state index in [2.05, 4.69) is 21.2 Å². The van der Waals surface area contributed by atoms with Crippen LogP contribution < -0.4 is 5.32 Å². The van der Waals surface area contributed by atoms with Crippen LogP contribution in [0.25, 0.3) is 0 Å². The fourth-order valence-corrected chi connectivity index (χ4v) is 4.08. The summed E-state index contributed by atoms with van der Waals surface area (Å²) in [6, 6.07) is -0.817. The molecule has 1 N–H and O–H groups in total. The van der Waals surface area contributed by atoms with Crippen molar-refractivity contribution in [3.8, 4) is 0 Å². The Bertz CT molecular complexity index is 669. The SMILES string of the molecule is CC1C=C(C(=O)OCC(Cl)(Cl)Cl)N2C(=O)C(NC(=O)CC(=O)CBr)[C@H]2S1. The third-order valence-corrected chi connectivity index (χ3v) is 5.73. The van der Waals surface area contributed by atoms with E-state index in [0.717, 1.165) is 0 Å². The zero-order valence-electron chi connectivity index (χ0n) is 13.3. The molecule has 0 spiro atoms. The number of esters is 1. The van der Waals surface area contributed by atoms with Crippen LogP contribution in [0.5, 0.6) is 0 Å². The van der Waals surface area contributed by atoms with Crippen LogP contribution >= 0.6 is 62.5 Å². The van der Waals surface area contributed by atoms with Crippen molar-refractivity contribution in [1.82, 2.24) is 10.2 Å². The van der Waals surface area contributed by atoms with Crippen molar-refractivity contribution in [3.05, 3.63) is 11.8 Å². The number of alkyl halides is 4. The number of halogens is 4. The predicted molar refractivity (Wildman–Crippen MR) is 102 cm³/mol. The quantitative estimate of drug-likeness (QED) is 0.255. The number of hydrogen-bond acceptors (Lipinski definition) is 6. The van der Waals surface area contributed by atoms with Crippen molar-refractivity contribution in [2.45, 2.75) is 33.8 Å². The van der Waals surface area contributed by atoms with Gasteiger partial charge in [-0.05, 0) is 13.0 Å². The van der Waals surface area contributed by atoms with Crippen molar-refractivity contribution < 1.29 is 23.9 Å². The number of β-lactam (4-membered cyclic amide) rings is 1. The first-order chi connectivity index (χ1) is 12.0. The molecule has 0 aromatic rings. The summed E-state index contributed by atoms with van der Waals surface area (Å²) in [5.41, 5.74) is 0.0440. The number of nitrogens with zero attached hydrogens (tertiary/aromatic N) is 1. The van der Waals surface area contributed by atoms with Gasteiger partial charge in [0.1, 0.15) is 23.7 Å². The maximum Gasteiger partial charge on any atom is 0.354 e. The lowest BCUT2D eigenvalue weighted by Crippen LogP contribution is -2.70. The number of carbonyl (C=O) groups is 4. The standard InChI is InChI=1S/C14H14BrCl3N2O5S/c1-6-2-8(13(24)25-5-14(16,17)18)20-11(23)10(12(20)26-6)19-9(22)3-7(21)4-15/h2,6,10,12H,3-5H2,1H3,(H,19,22)/t6?,10?,12-/m1/s1. The lowest BCUT2D eigenvalue weighted by molar-refractivity contribution is -0.152. The van der Waals surface area contributed by atoms with Gasteiger partial charge in [-0.25, -0.2) is 4.79 Å². The molecule has 144 valence electrons. The maximum absolute atomic E-state index is 12.4. The van der Waals surface area contributed by atoms with Crippen LogP contribution in [-0.2, 0) is 23.9 Å². The van der Waals surface area contributed by atoms with Crippen molar-refractivity contribution in [2.75, 3.05) is 11.9 Å². The minimum absolute atomic E-state index is 0.0440. The van der Waals surface area contributed by atoms with E-state index in [-0.39, 0.29) is 28.5 Å². The predicted octanol–water partition coefficient (Wildman–Crippen LogP) is 1.93. The highest BCUT2D eigenvalue weighted by atomic mass is 79.9. The van der Waals surface area contributed by atoms with Gasteiger partial charge < -0.3 is 10.1 Å². The van der Waals surface area contributed by atoms with Gasteiger partial charge in [0.05, 0.1) is 11.8 Å². The lowest BCUT2D eigenvalue weighted by atomic mass is 10.0. The van der Waals surface area contributed by atoms with Crippen LogP contribution in [0.2, 0.25) is 0 Å². The summed E-state index contributed by atoms with van der Waals surface area (Å²) in [7, 11) is 0. The molecule has 0 saturated carbocycles. The Balaban J connectivity index is 2.04. The molecule has 0 aliphatic carbocycles. The van der Waals surface area contributed by atoms with Crippen LogP contribution in [0.3, 0.4) is 0 Å². The second kappa shape index (κ2) is 8.68. The van der Waals surface area contributed by atoms with Gasteiger partial charge in [0.15, 0.2) is 5.78 Å². The summed E-state index contributed by atoms with van der Waals surface area (Å²) < 4.78 is 3.17. The van der Waals surface area contributed by atoms with Gasteiger partial charge in [0.2, 0.25) is 9.70 Å². The number of ketones is 1. The molecule has 2 amide bonds. The van der Waals surface area contributed by atoms with Crippen molar-refractivity contribution in [2.24, 2.45) is 0 Å². The van der Waals surface area contributed by atoms with E-state index in [1.165, 1.54) is 16.7 Å². The average molecular weight is 509 g/mol. The molecule has 26 heavy (non-hydrogen) atoms. The maximum atomic E-state index is 12.4. The number of thioether (sulfide) groups is 1. The Kier molecular flexibility index (Phi) is 7.29. The molecule has 1 saturated heterocycles. The van der Waals surface area contributed by atoms with Gasteiger partial charge >= 0.3 is 5.97 Å². The number of carbonyl (C=O) groups excluding carboxylic acids is 4. The van der Waals surface area contributed by atoms with E-state index in [4.69, 9.17) is 39.5 Å². The van der Waals surface area contributed by atoms with Gasteiger partial charge in [0, 0.05) is 5.25 Å². The normalized spacial score (nSPS) is 25.0. The first kappa shape index (κ1) is 21.8. The van der Waals surface area contributed by atoms with Gasteiger partial charge in [-0.3, -0.25) is 19.3 Å². The third kappa shape index (κ3) is 5.28. The smallest absolute Gasteiger partial charge is 0.354 e. The van der Waals surface area contributed by atoms with Crippen molar-refractivity contribution in [1.29, 1.82) is 0 Å². The summed E-state index contributed by atoms with van der Waals surface area (Å²) in [6.45, 7) is 1.37. The van der Waals surface area contributed by atoms with E-state index in [9.17, 15) is 19.2 Å². The molecular formula is C14H14BrCl3N2O5S. The minimum atomic E-state index is -1.76. The fraction of sp³-hybridized carbons (Fsp3) is 0.571. The van der Waals surface area contributed by atoms with E-state index in [0.29, 0.717) is 0 Å². The first-order valence-corrected chi connectivity index (χ1v) is 10.5. The Morgan fingerprint density at radius 2 is 2.04 bits per heavy atom. The monoisotopic (exact) mass is 506 g/mol. The molecule has 2 aliphatic rings. The average Bonchev–Trinajstić information content (AvgIpc) is 2.55. The van der Waals surface area contributed by atoms with Gasteiger partial charge in [-0.1, -0.05) is 50.7 Å². The van der Waals surface area contributed by atoms with Crippen LogP contribution in [0.4, 0.5) is 0 Å². The van der Waals surface area contributed by atoms with Gasteiger partial charge in [0.25, 0.3) is 5.91 Å². The number of fused-ring (bicyclic) bond motifs is 1. The summed E-state index contributed by atoms with van der Waals surface area (Å²) >= 11 is 21.0. The number of nitrogens with one attached hydrogen (secondary N) is 1. The molecule has 3 atom stereocenters. The summed E-state index contributed by atoms with van der Waals surface area (Å²) in [4.78, 5) is 49.0. The summed E-state index contributed by atoms with van der Waals surface area (Å²) in [6.07, 6.45) is 1.25. The highest BCUT2D eigenvalue weighted by Crippen LogP contribution is 2.41. The molecule has 12 heteroatoms. The largest absolute Gasteiger partial charge is 0.456 e. The molecule has 2 heterocycles. The summed E-state index contributed by atoms with van der Waals surface area (Å²) in [5, 5.41) is 2.01. The molecule has 0 bridgehead atoms. The third-order valence-electron chi connectivity index (χ3n) is 3.45. The molecule has 0 aromatic heterocycles. The van der Waals surface area contributed by atoms with Crippen molar-refractivity contribution >= 4 is 86.1 Å². The topological polar surface area (TPSA) is 92.8 Å². The molecular weight excluding hydrogens is 494 g/mol. The molecule has 2 rings (SSSR count). The van der Waals surface area contributed by atoms with Gasteiger partial charge in [-0.2, -0.15) is 0 Å². The Morgan fingerprint density at radius 3 is 2.62 bits per heavy atom. The second-order valence-corrected chi connectivity index (χ2v) is 10.2. The fourth-order valence-electron chi connectivity index (χ4n) is 2.39. The Labute approximate surface area is 177 Å². The Hall–Kier alpha value is -0.480. The highest BCUT2D eigenvalue weighted by molar-refractivity contribution is 9.09. The number of ether oxygens (including phenoxy) is 1. The Morgan fingerprint density at radius 1 is 1.38 bits per heavy atom. The number of Topliss-reactive ketones (excluding diaryl/α,β-unsaturated/α-hetero) is 1. The van der Waals surface area contributed by atoms with Crippen LogP contribution in [0.15, 0.2) is 11.8 Å². The minimum Gasteiger partial charge on any atom is -0.456 e. The van der Waals surface area contributed by atoms with E-state index >= 15 is 0 Å². The zero-order chi connectivity index (χ0) is 19.6. The number of rotatable bonds is 6. The number of amides is 2. The highest BCUT2D eigenvalue weighted by Gasteiger charge is 2.54. The van der Waals surface area contributed by atoms with Crippen molar-refractivity contribution in [3.63, 3.8) is 0 Å². The van der Waals surface area contributed by atoms with Crippen LogP contribution in [0, 0.1) is 0 Å². The molecule has 0 radical (unpaired) electrons. The lowest BCUT2D eigenvalue weighted by Gasteiger charge is -2.49. The van der Waals surface area contributed by atoms with E-state index < -0.39 is 39.6 Å². The van der Waals surface area contributed by atoms with Gasteiger partial charge in [-0.15, -0.1) is 11.8 Å².